The van der Waals surface area contributed by atoms with Crippen molar-refractivity contribution in [1.82, 2.24) is 0 Å². The summed E-state index contributed by atoms with van der Waals surface area (Å²) < 4.78 is 108. The maximum absolute atomic E-state index is 15.7. The molecule has 0 radical (unpaired) electrons. The molecule has 0 aliphatic heterocycles. The first kappa shape index (κ1) is 35.1. The summed E-state index contributed by atoms with van der Waals surface area (Å²) in [5.41, 5.74) is -12.1. The van der Waals surface area contributed by atoms with E-state index in [-0.39, 0.29) is 10.9 Å². The van der Waals surface area contributed by atoms with Crippen LogP contribution in [0.25, 0.3) is 16.7 Å². The van der Waals surface area contributed by atoms with Crippen molar-refractivity contribution in [3.8, 4) is 36.4 Å². The summed E-state index contributed by atoms with van der Waals surface area (Å²) in [6, 6.07) is 8.87. The van der Waals surface area contributed by atoms with E-state index in [2.05, 4.69) is 0 Å². The Morgan fingerprint density at radius 3 is 1.15 bits per heavy atom. The highest BCUT2D eigenvalue weighted by Crippen LogP contribution is 2.57. The minimum atomic E-state index is -2.04. The Morgan fingerprint density at radius 1 is 0.417 bits per heavy atom. The molecule has 0 spiro atoms. The van der Waals surface area contributed by atoms with Crippen LogP contribution in [0, 0.1) is 129 Å². The van der Waals surface area contributed by atoms with Gasteiger partial charge >= 0.3 is 0 Å². The minimum Gasteiger partial charge on any atom is -0.206 e. The maximum atomic E-state index is 15.7. The first-order valence-corrected chi connectivity index (χ1v) is 14.1. The van der Waals surface area contributed by atoms with E-state index in [1.54, 1.807) is 12.1 Å². The molecule has 4 rings (SSSR count). The highest BCUT2D eigenvalue weighted by Gasteiger charge is 2.45. The van der Waals surface area contributed by atoms with E-state index < -0.39 is 124 Å². The van der Waals surface area contributed by atoms with Crippen LogP contribution >= 0.6 is 18.5 Å². The Bertz CT molecular complexity index is 2070. The molecular formula is C33H13F7N6P2. The fourth-order valence-corrected chi connectivity index (χ4v) is 6.02. The quantitative estimate of drug-likeness (QED) is 0.134. The van der Waals surface area contributed by atoms with Crippen LogP contribution in [0.5, 0.6) is 0 Å². The molecule has 1 aliphatic rings. The molecule has 1 aliphatic carbocycles. The number of nitriles is 6. The molecule has 0 aromatic heterocycles. The van der Waals surface area contributed by atoms with Gasteiger partial charge in [-0.3, -0.25) is 0 Å². The van der Waals surface area contributed by atoms with Crippen molar-refractivity contribution < 1.29 is 30.7 Å². The zero-order valence-electron chi connectivity index (χ0n) is 24.5. The van der Waals surface area contributed by atoms with Gasteiger partial charge < -0.3 is 0 Å². The van der Waals surface area contributed by atoms with Crippen molar-refractivity contribution in [3.05, 3.63) is 108 Å². The van der Waals surface area contributed by atoms with Crippen LogP contribution in [0.1, 0.15) is 50.1 Å². The number of halogens is 7. The average Bonchev–Trinajstić information content (AvgIpc) is 3.78. The molecule has 2 atom stereocenters. The Kier molecular flexibility index (Phi) is 9.32. The molecule has 0 saturated heterocycles. The molecule has 2 unspecified atom stereocenters. The molecule has 1 fully saturated rings. The summed E-state index contributed by atoms with van der Waals surface area (Å²) in [5, 5.41) is 57.8. The van der Waals surface area contributed by atoms with Crippen molar-refractivity contribution in [2.45, 2.75) is 20.8 Å². The average molecular weight is 688 g/mol. The first-order chi connectivity index (χ1) is 22.6. The smallest absolute Gasteiger partial charge is 0.177 e. The van der Waals surface area contributed by atoms with Crippen LogP contribution in [0.3, 0.4) is 0 Å². The van der Waals surface area contributed by atoms with E-state index in [1.807, 2.05) is 18.5 Å². The minimum absolute atomic E-state index is 0.170. The molecule has 3 aromatic rings. The van der Waals surface area contributed by atoms with Gasteiger partial charge in [-0.1, -0.05) is 0 Å². The molecule has 0 N–H and O–H groups in total. The number of hydrogen-bond acceptors (Lipinski definition) is 6. The highest BCUT2D eigenvalue weighted by molar-refractivity contribution is 7.28. The normalized spacial score (nSPS) is 14.9. The van der Waals surface area contributed by atoms with Gasteiger partial charge in [0.2, 0.25) is 0 Å². The molecule has 6 nitrogen and oxygen atoms in total. The Morgan fingerprint density at radius 2 is 0.750 bits per heavy atom. The maximum Gasteiger partial charge on any atom is 0.177 e. The van der Waals surface area contributed by atoms with Crippen LogP contribution in [0.15, 0.2) is 16.7 Å². The summed E-state index contributed by atoms with van der Waals surface area (Å²) in [6.07, 6.45) is 0. The van der Waals surface area contributed by atoms with Crippen molar-refractivity contribution in [3.63, 3.8) is 0 Å². The second kappa shape index (κ2) is 12.8. The van der Waals surface area contributed by atoms with Gasteiger partial charge in [0.05, 0.1) is 44.5 Å². The summed E-state index contributed by atoms with van der Waals surface area (Å²) in [5.74, 6) is -11.9. The van der Waals surface area contributed by atoms with E-state index in [4.69, 9.17) is 0 Å². The van der Waals surface area contributed by atoms with Gasteiger partial charge in [-0.25, -0.2) is 30.7 Å². The lowest BCUT2D eigenvalue weighted by atomic mass is 9.96. The standard InChI is InChI=1S/C33H13F7N6P2/c1-10-13(4-41)27(36)29(38)22(25(10)34)16(7-44)19-20(17(8-45)23-26(35)11(2)15(6-43)33(48)31(23)40)21(19)18(9-46)24-30(39)28(37)14(5-42)12(3)32(24)47/h47-48H2,1-3H3. The van der Waals surface area contributed by atoms with Crippen LogP contribution in [0.2, 0.25) is 0 Å². The van der Waals surface area contributed by atoms with Gasteiger partial charge in [0.25, 0.3) is 0 Å². The van der Waals surface area contributed by atoms with Crippen LogP contribution < -0.4 is 10.6 Å². The zero-order chi connectivity index (χ0) is 36.1. The van der Waals surface area contributed by atoms with Crippen LogP contribution in [0.4, 0.5) is 30.7 Å². The van der Waals surface area contributed by atoms with Crippen molar-refractivity contribution in [2.75, 3.05) is 0 Å². The number of allylic oxidation sites excluding steroid dienone is 6. The third-order valence-electron chi connectivity index (χ3n) is 7.74. The molecule has 48 heavy (non-hydrogen) atoms. The van der Waals surface area contributed by atoms with Gasteiger partial charge in [0, 0.05) is 38.7 Å². The fraction of sp³-hybridized carbons (Fsp3) is 0.0909. The SMILES string of the molecule is Cc1c(F)c(C(C#N)=C2C(=C(C#N)c3c(F)c(C)c(C#N)c(P)c3F)C2=C(C#N)c2c(F)c(F)c(C#N)c(C)c2P)c(F)c(F)c1C#N. The van der Waals surface area contributed by atoms with Crippen molar-refractivity contribution in [2.24, 2.45) is 0 Å². The number of hydrogen-bond donors (Lipinski definition) is 0. The van der Waals surface area contributed by atoms with E-state index in [9.17, 15) is 36.0 Å². The van der Waals surface area contributed by atoms with E-state index in [0.717, 1.165) is 13.8 Å². The topological polar surface area (TPSA) is 143 Å². The Labute approximate surface area is 272 Å². The van der Waals surface area contributed by atoms with Gasteiger partial charge in [0.15, 0.2) is 23.3 Å². The lowest BCUT2D eigenvalue weighted by molar-refractivity contribution is 0.486. The van der Waals surface area contributed by atoms with E-state index in [1.165, 1.54) is 31.2 Å². The predicted molar refractivity (Wildman–Crippen MR) is 164 cm³/mol. The summed E-state index contributed by atoms with van der Waals surface area (Å²) in [4.78, 5) is 0. The first-order valence-electron chi connectivity index (χ1n) is 13.0. The molecule has 3 aromatic carbocycles. The number of nitrogens with zero attached hydrogens (tertiary/aromatic N) is 6. The molecule has 234 valence electrons. The monoisotopic (exact) mass is 688 g/mol. The summed E-state index contributed by atoms with van der Waals surface area (Å²) in [7, 11) is 3.85. The molecular weight excluding hydrogens is 675 g/mol. The number of rotatable bonds is 3. The summed E-state index contributed by atoms with van der Waals surface area (Å²) in [6.45, 7) is 3.17. The second-order valence-electron chi connectivity index (χ2n) is 10.1. The van der Waals surface area contributed by atoms with Crippen molar-refractivity contribution in [1.29, 1.82) is 31.6 Å². The van der Waals surface area contributed by atoms with Gasteiger partial charge in [-0.05, 0) is 31.6 Å². The predicted octanol–water partition coefficient (Wildman–Crippen LogP) is 6.45. The number of benzene rings is 3. The third kappa shape index (κ3) is 4.90. The molecule has 1 saturated carbocycles. The lowest BCUT2D eigenvalue weighted by Crippen LogP contribution is -2.14. The largest absolute Gasteiger partial charge is 0.206 e. The molecule has 0 heterocycles. The van der Waals surface area contributed by atoms with Gasteiger partial charge in [-0.15, -0.1) is 18.5 Å². The van der Waals surface area contributed by atoms with Crippen molar-refractivity contribution >= 4 is 45.8 Å². The van der Waals surface area contributed by atoms with Gasteiger partial charge in [0.1, 0.15) is 53.9 Å². The summed E-state index contributed by atoms with van der Waals surface area (Å²) >= 11 is 0. The Balaban J connectivity index is 2.38. The fourth-order valence-electron chi connectivity index (χ4n) is 5.18. The van der Waals surface area contributed by atoms with Crippen LogP contribution in [-0.2, 0) is 0 Å². The lowest BCUT2D eigenvalue weighted by Gasteiger charge is -2.12. The highest BCUT2D eigenvalue weighted by atomic mass is 31.0. The van der Waals surface area contributed by atoms with Gasteiger partial charge in [-0.2, -0.15) is 31.6 Å². The van der Waals surface area contributed by atoms with Crippen LogP contribution in [-0.4, -0.2) is 0 Å². The van der Waals surface area contributed by atoms with E-state index in [0.29, 0.717) is 0 Å². The Hall–Kier alpha value is -5.81. The zero-order valence-corrected chi connectivity index (χ0v) is 26.8. The molecule has 0 amide bonds. The third-order valence-corrected chi connectivity index (χ3v) is 9.01. The second-order valence-corrected chi connectivity index (χ2v) is 11.2. The van der Waals surface area contributed by atoms with E-state index >= 15 is 26.3 Å². The molecule has 0 bridgehead atoms. The molecule has 15 heteroatoms.